The highest BCUT2D eigenvalue weighted by molar-refractivity contribution is 7.89. The lowest BCUT2D eigenvalue weighted by Crippen LogP contribution is -2.26. The molecular weight excluding hydrogens is 305 g/mol. The van der Waals surface area contributed by atoms with Gasteiger partial charge in [-0.05, 0) is 54.8 Å². The molecule has 0 spiro atoms. The molecule has 0 atom stereocenters. The van der Waals surface area contributed by atoms with Gasteiger partial charge in [-0.3, -0.25) is 0 Å². The standard InChI is InChI=1S/C16H18FNO3S/c1-12-11-13(3-8-16(12)21-2)9-10-18-22(19,20)15-6-4-14(17)5-7-15/h3-8,11,18H,9-10H2,1-2H3. The van der Waals surface area contributed by atoms with E-state index < -0.39 is 15.8 Å². The third kappa shape index (κ3) is 4.05. The summed E-state index contributed by atoms with van der Waals surface area (Å²) in [6.07, 6.45) is 0.561. The summed E-state index contributed by atoms with van der Waals surface area (Å²) in [5.74, 6) is 0.336. The number of aryl methyl sites for hydroxylation is 1. The van der Waals surface area contributed by atoms with E-state index in [1.165, 1.54) is 12.1 Å². The van der Waals surface area contributed by atoms with E-state index in [-0.39, 0.29) is 11.4 Å². The van der Waals surface area contributed by atoms with E-state index in [0.717, 1.165) is 29.0 Å². The van der Waals surface area contributed by atoms with Crippen molar-refractivity contribution in [2.75, 3.05) is 13.7 Å². The molecule has 0 amide bonds. The second kappa shape index (κ2) is 6.89. The number of ether oxygens (including phenoxy) is 1. The summed E-state index contributed by atoms with van der Waals surface area (Å²) in [6.45, 7) is 2.20. The molecule has 2 aromatic carbocycles. The van der Waals surface area contributed by atoms with Crippen LogP contribution in [0.5, 0.6) is 5.75 Å². The van der Waals surface area contributed by atoms with Gasteiger partial charge in [0.05, 0.1) is 12.0 Å². The largest absolute Gasteiger partial charge is 0.496 e. The molecule has 4 nitrogen and oxygen atoms in total. The first-order chi connectivity index (χ1) is 10.4. The van der Waals surface area contributed by atoms with Crippen molar-refractivity contribution in [3.8, 4) is 5.75 Å². The van der Waals surface area contributed by atoms with Gasteiger partial charge in [0, 0.05) is 6.54 Å². The Morgan fingerprint density at radius 3 is 2.41 bits per heavy atom. The first-order valence-corrected chi connectivity index (χ1v) is 8.29. The van der Waals surface area contributed by atoms with Crippen molar-refractivity contribution >= 4 is 10.0 Å². The summed E-state index contributed by atoms with van der Waals surface area (Å²) in [4.78, 5) is 0.0554. The number of hydrogen-bond acceptors (Lipinski definition) is 3. The molecule has 118 valence electrons. The average molecular weight is 323 g/mol. The molecule has 1 N–H and O–H groups in total. The van der Waals surface area contributed by atoms with Crippen LogP contribution in [0.15, 0.2) is 47.4 Å². The van der Waals surface area contributed by atoms with E-state index in [1.54, 1.807) is 7.11 Å². The van der Waals surface area contributed by atoms with E-state index in [1.807, 2.05) is 25.1 Å². The van der Waals surface area contributed by atoms with Crippen LogP contribution in [-0.4, -0.2) is 22.1 Å². The van der Waals surface area contributed by atoms with Crippen LogP contribution in [0.2, 0.25) is 0 Å². The van der Waals surface area contributed by atoms with Crippen molar-refractivity contribution in [2.45, 2.75) is 18.2 Å². The Labute approximate surface area is 130 Å². The van der Waals surface area contributed by atoms with E-state index in [0.29, 0.717) is 6.42 Å². The van der Waals surface area contributed by atoms with Gasteiger partial charge in [0.15, 0.2) is 0 Å². The molecular formula is C16H18FNO3S. The van der Waals surface area contributed by atoms with Crippen molar-refractivity contribution < 1.29 is 17.5 Å². The van der Waals surface area contributed by atoms with Gasteiger partial charge in [0.1, 0.15) is 11.6 Å². The molecule has 0 radical (unpaired) electrons. The molecule has 0 saturated carbocycles. The third-order valence-electron chi connectivity index (χ3n) is 3.29. The summed E-state index contributed by atoms with van der Waals surface area (Å²) in [7, 11) is -2.00. The Hall–Kier alpha value is -1.92. The third-order valence-corrected chi connectivity index (χ3v) is 4.77. The van der Waals surface area contributed by atoms with Crippen LogP contribution in [0, 0.1) is 12.7 Å². The van der Waals surface area contributed by atoms with Crippen molar-refractivity contribution in [2.24, 2.45) is 0 Å². The molecule has 0 aliphatic rings. The molecule has 22 heavy (non-hydrogen) atoms. The van der Waals surface area contributed by atoms with E-state index in [2.05, 4.69) is 4.72 Å². The fraction of sp³-hybridized carbons (Fsp3) is 0.250. The maximum absolute atomic E-state index is 12.8. The van der Waals surface area contributed by atoms with Gasteiger partial charge in [0.25, 0.3) is 0 Å². The second-order valence-corrected chi connectivity index (χ2v) is 6.67. The van der Waals surface area contributed by atoms with Crippen LogP contribution in [0.25, 0.3) is 0 Å². The Morgan fingerprint density at radius 2 is 1.82 bits per heavy atom. The SMILES string of the molecule is COc1ccc(CCNS(=O)(=O)c2ccc(F)cc2)cc1C. The zero-order valence-corrected chi connectivity index (χ0v) is 13.3. The molecule has 0 heterocycles. The zero-order chi connectivity index (χ0) is 16.2. The lowest BCUT2D eigenvalue weighted by Gasteiger charge is -2.09. The molecule has 0 saturated heterocycles. The Morgan fingerprint density at radius 1 is 1.14 bits per heavy atom. The number of rotatable bonds is 6. The lowest BCUT2D eigenvalue weighted by atomic mass is 10.1. The average Bonchev–Trinajstić information content (AvgIpc) is 2.48. The number of benzene rings is 2. The second-order valence-electron chi connectivity index (χ2n) is 4.91. The minimum atomic E-state index is -3.61. The first kappa shape index (κ1) is 16.5. The van der Waals surface area contributed by atoms with Gasteiger partial charge in [-0.25, -0.2) is 17.5 Å². The maximum atomic E-state index is 12.8. The van der Waals surface area contributed by atoms with Crippen molar-refractivity contribution in [1.29, 1.82) is 0 Å². The minimum absolute atomic E-state index is 0.0554. The van der Waals surface area contributed by atoms with Crippen molar-refractivity contribution in [3.05, 3.63) is 59.4 Å². The molecule has 0 aromatic heterocycles. The van der Waals surface area contributed by atoms with Crippen LogP contribution in [-0.2, 0) is 16.4 Å². The zero-order valence-electron chi connectivity index (χ0n) is 12.5. The fourth-order valence-electron chi connectivity index (χ4n) is 2.12. The Kier molecular flexibility index (Phi) is 5.15. The maximum Gasteiger partial charge on any atom is 0.240 e. The number of nitrogens with one attached hydrogen (secondary N) is 1. The molecule has 0 unspecified atom stereocenters. The monoisotopic (exact) mass is 323 g/mol. The number of halogens is 1. The number of methoxy groups -OCH3 is 1. The molecule has 0 bridgehead atoms. The molecule has 6 heteroatoms. The molecule has 2 aromatic rings. The van der Waals surface area contributed by atoms with E-state index in [4.69, 9.17) is 4.74 Å². The molecule has 0 aliphatic heterocycles. The quantitative estimate of drug-likeness (QED) is 0.889. The molecule has 0 aliphatic carbocycles. The summed E-state index contributed by atoms with van der Waals surface area (Å²) in [5.41, 5.74) is 2.02. The normalized spacial score (nSPS) is 11.4. The predicted octanol–water partition coefficient (Wildman–Crippen LogP) is 2.66. The first-order valence-electron chi connectivity index (χ1n) is 6.81. The van der Waals surface area contributed by atoms with Gasteiger partial charge >= 0.3 is 0 Å². The Bertz CT molecular complexity index is 742. The van der Waals surface area contributed by atoms with Crippen molar-refractivity contribution in [1.82, 2.24) is 4.72 Å². The highest BCUT2D eigenvalue weighted by Crippen LogP contribution is 2.18. The van der Waals surface area contributed by atoms with Gasteiger partial charge in [-0.15, -0.1) is 0 Å². The van der Waals surface area contributed by atoms with Crippen LogP contribution < -0.4 is 9.46 Å². The summed E-state index contributed by atoms with van der Waals surface area (Å²) < 4.78 is 44.6. The summed E-state index contributed by atoms with van der Waals surface area (Å²) in [6, 6.07) is 10.5. The van der Waals surface area contributed by atoms with Crippen LogP contribution in [0.4, 0.5) is 4.39 Å². The summed E-state index contributed by atoms with van der Waals surface area (Å²) >= 11 is 0. The van der Waals surface area contributed by atoms with Gasteiger partial charge in [-0.1, -0.05) is 12.1 Å². The highest BCUT2D eigenvalue weighted by atomic mass is 32.2. The highest BCUT2D eigenvalue weighted by Gasteiger charge is 2.13. The predicted molar refractivity (Wildman–Crippen MR) is 83.0 cm³/mol. The molecule has 0 fully saturated rings. The van der Waals surface area contributed by atoms with Gasteiger partial charge < -0.3 is 4.74 Å². The number of hydrogen-bond donors (Lipinski definition) is 1. The van der Waals surface area contributed by atoms with Crippen LogP contribution in [0.1, 0.15) is 11.1 Å². The Balaban J connectivity index is 1.98. The fourth-order valence-corrected chi connectivity index (χ4v) is 3.15. The molecule has 2 rings (SSSR count). The summed E-state index contributed by atoms with van der Waals surface area (Å²) in [5, 5.41) is 0. The van der Waals surface area contributed by atoms with Gasteiger partial charge in [0.2, 0.25) is 10.0 Å². The van der Waals surface area contributed by atoms with Crippen molar-refractivity contribution in [3.63, 3.8) is 0 Å². The minimum Gasteiger partial charge on any atom is -0.496 e. The van der Waals surface area contributed by atoms with Gasteiger partial charge in [-0.2, -0.15) is 0 Å². The lowest BCUT2D eigenvalue weighted by molar-refractivity contribution is 0.411. The smallest absolute Gasteiger partial charge is 0.240 e. The number of sulfonamides is 1. The van der Waals surface area contributed by atoms with E-state index >= 15 is 0 Å². The van der Waals surface area contributed by atoms with E-state index in [9.17, 15) is 12.8 Å². The topological polar surface area (TPSA) is 55.4 Å². The van der Waals surface area contributed by atoms with Crippen LogP contribution in [0.3, 0.4) is 0 Å². The van der Waals surface area contributed by atoms with Crippen LogP contribution >= 0.6 is 0 Å².